The van der Waals surface area contributed by atoms with Crippen LogP contribution in [-0.2, 0) is 0 Å². The smallest absolute Gasteiger partial charge is 0.00433 e. The molecule has 0 aliphatic rings. The molecule has 0 aromatic carbocycles. The van der Waals surface area contributed by atoms with Crippen molar-refractivity contribution in [3.8, 4) is 0 Å². The minimum absolute atomic E-state index is 1.38. The molecule has 0 saturated heterocycles. The quantitative estimate of drug-likeness (QED) is 0.427. The Morgan fingerprint density at radius 1 is 0.750 bits per heavy atom. The molecule has 0 saturated carbocycles. The number of hydrogen-bond acceptors (Lipinski definition) is 3. The molecule has 3 aromatic heterocycles. The maximum atomic E-state index is 2.19. The van der Waals surface area contributed by atoms with Gasteiger partial charge in [-0.25, -0.2) is 0 Å². The average molecular weight is 323 g/mol. The molecule has 0 bridgehead atoms. The molecule has 0 nitrogen and oxygen atoms in total. The van der Waals surface area contributed by atoms with Crippen LogP contribution in [0.4, 0.5) is 0 Å². The monoisotopic (exact) mass is 322 g/mol. The lowest BCUT2D eigenvalue weighted by molar-refractivity contribution is 1.44. The molecule has 0 spiro atoms. The third-order valence-corrected chi connectivity index (χ3v) is 5.37. The Bertz CT molecular complexity index is 552. The van der Waals surface area contributed by atoms with Crippen LogP contribution in [0.1, 0.15) is 25.8 Å². The fourth-order valence-corrected chi connectivity index (χ4v) is 3.34. The molecule has 3 aromatic rings. The normalized spacial score (nSPS) is 9.25. The summed E-state index contributed by atoms with van der Waals surface area (Å²) < 4.78 is 0. The predicted octanol–water partition coefficient (Wildman–Crippen LogP) is 6.79. The van der Waals surface area contributed by atoms with E-state index in [4.69, 9.17) is 0 Å². The molecule has 3 heterocycles. The van der Waals surface area contributed by atoms with Gasteiger partial charge >= 0.3 is 0 Å². The van der Waals surface area contributed by atoms with Gasteiger partial charge in [-0.1, -0.05) is 6.07 Å². The summed E-state index contributed by atoms with van der Waals surface area (Å²) in [6, 6.07) is 8.48. The largest absolute Gasteiger partial charge is 0.149 e. The Hall–Kier alpha value is -0.900. The summed E-state index contributed by atoms with van der Waals surface area (Å²) in [5.41, 5.74) is 2.78. The Morgan fingerprint density at radius 3 is 1.65 bits per heavy atom. The third kappa shape index (κ3) is 7.04. The SMILES string of the molecule is Cc1cccs1.Cc1ccsc1C.Cc1csc(C)c1. The third-order valence-electron chi connectivity index (χ3n) is 2.64. The minimum atomic E-state index is 1.38. The summed E-state index contributed by atoms with van der Waals surface area (Å²) >= 11 is 5.39. The van der Waals surface area contributed by atoms with Gasteiger partial charge in [0.1, 0.15) is 0 Å². The summed E-state index contributed by atoms with van der Waals surface area (Å²) in [7, 11) is 0. The van der Waals surface area contributed by atoms with E-state index in [1.54, 1.807) is 34.0 Å². The molecule has 0 fully saturated rings. The number of rotatable bonds is 0. The van der Waals surface area contributed by atoms with Gasteiger partial charge in [-0.3, -0.25) is 0 Å². The van der Waals surface area contributed by atoms with Gasteiger partial charge in [0.05, 0.1) is 0 Å². The lowest BCUT2D eigenvalue weighted by atomic mass is 10.3. The van der Waals surface area contributed by atoms with E-state index >= 15 is 0 Å². The van der Waals surface area contributed by atoms with E-state index < -0.39 is 0 Å². The topological polar surface area (TPSA) is 0 Å². The van der Waals surface area contributed by atoms with E-state index in [2.05, 4.69) is 75.0 Å². The lowest BCUT2D eigenvalue weighted by Gasteiger charge is -1.79. The number of hydrogen-bond donors (Lipinski definition) is 0. The molecule has 20 heavy (non-hydrogen) atoms. The molecule has 0 radical (unpaired) electrons. The molecular formula is C17H22S3. The zero-order valence-electron chi connectivity index (χ0n) is 12.8. The van der Waals surface area contributed by atoms with E-state index in [1.165, 1.54) is 25.8 Å². The van der Waals surface area contributed by atoms with Crippen LogP contribution in [0.15, 0.2) is 40.4 Å². The number of aryl methyl sites for hydroxylation is 5. The van der Waals surface area contributed by atoms with Crippen LogP contribution in [0.3, 0.4) is 0 Å². The van der Waals surface area contributed by atoms with E-state index in [0.29, 0.717) is 0 Å². The zero-order valence-corrected chi connectivity index (χ0v) is 15.2. The van der Waals surface area contributed by atoms with Gasteiger partial charge in [-0.15, -0.1) is 34.0 Å². The van der Waals surface area contributed by atoms with Crippen molar-refractivity contribution in [3.05, 3.63) is 66.2 Å². The molecule has 3 heteroatoms. The standard InChI is InChI=1S/2C6H8S.C5H6S/c1-5-3-6(2)7-4-5;1-5-3-4-7-6(5)2;1-5-3-2-4-6-5/h2*3-4H,1-2H3;2-4H,1H3. The summed E-state index contributed by atoms with van der Waals surface area (Å²) in [6.07, 6.45) is 0. The van der Waals surface area contributed by atoms with E-state index in [1.807, 2.05) is 0 Å². The van der Waals surface area contributed by atoms with Gasteiger partial charge in [0.2, 0.25) is 0 Å². The second-order valence-electron chi connectivity index (χ2n) is 4.62. The maximum Gasteiger partial charge on any atom is 0.00433 e. The molecule has 0 aliphatic carbocycles. The van der Waals surface area contributed by atoms with Gasteiger partial charge in [0.25, 0.3) is 0 Å². The van der Waals surface area contributed by atoms with Crippen molar-refractivity contribution in [2.75, 3.05) is 0 Å². The van der Waals surface area contributed by atoms with Crippen LogP contribution < -0.4 is 0 Å². The number of thiophene rings is 3. The van der Waals surface area contributed by atoms with Crippen LogP contribution in [0.25, 0.3) is 0 Å². The van der Waals surface area contributed by atoms with E-state index in [-0.39, 0.29) is 0 Å². The second-order valence-corrected chi connectivity index (χ2v) is 8.01. The molecule has 0 amide bonds. The van der Waals surface area contributed by atoms with Gasteiger partial charge in [0.15, 0.2) is 0 Å². The highest BCUT2D eigenvalue weighted by Crippen LogP contribution is 2.12. The summed E-state index contributed by atoms with van der Waals surface area (Å²) in [5.74, 6) is 0. The van der Waals surface area contributed by atoms with Crippen molar-refractivity contribution < 1.29 is 0 Å². The van der Waals surface area contributed by atoms with Crippen LogP contribution in [0, 0.1) is 34.6 Å². The minimum Gasteiger partial charge on any atom is -0.149 e. The molecule has 3 rings (SSSR count). The van der Waals surface area contributed by atoms with Crippen molar-refractivity contribution in [1.82, 2.24) is 0 Å². The van der Waals surface area contributed by atoms with Gasteiger partial charge in [0, 0.05) is 14.6 Å². The maximum absolute atomic E-state index is 2.19. The van der Waals surface area contributed by atoms with Gasteiger partial charge in [-0.2, -0.15) is 0 Å². The highest BCUT2D eigenvalue weighted by Gasteiger charge is 1.87. The average Bonchev–Trinajstić information content (AvgIpc) is 3.09. The molecule has 0 unspecified atom stereocenters. The summed E-state index contributed by atoms with van der Waals surface area (Å²) in [6.45, 7) is 10.6. The van der Waals surface area contributed by atoms with Crippen molar-refractivity contribution >= 4 is 34.0 Å². The molecule has 108 valence electrons. The zero-order chi connectivity index (χ0) is 15.0. The van der Waals surface area contributed by atoms with Crippen molar-refractivity contribution in [2.24, 2.45) is 0 Å². The molecular weight excluding hydrogens is 300 g/mol. The fraction of sp³-hybridized carbons (Fsp3) is 0.294. The second kappa shape index (κ2) is 9.11. The van der Waals surface area contributed by atoms with Crippen LogP contribution >= 0.6 is 34.0 Å². The first kappa shape index (κ1) is 17.2. The van der Waals surface area contributed by atoms with E-state index in [0.717, 1.165) is 0 Å². The van der Waals surface area contributed by atoms with Crippen LogP contribution in [0.5, 0.6) is 0 Å². The summed E-state index contributed by atoms with van der Waals surface area (Å²) in [4.78, 5) is 4.22. The first-order valence-corrected chi connectivity index (χ1v) is 9.15. The van der Waals surface area contributed by atoms with Crippen molar-refractivity contribution in [3.63, 3.8) is 0 Å². The Morgan fingerprint density at radius 2 is 1.50 bits per heavy atom. The lowest BCUT2D eigenvalue weighted by Crippen LogP contribution is -1.61. The predicted molar refractivity (Wildman–Crippen MR) is 96.6 cm³/mol. The molecule has 0 N–H and O–H groups in total. The van der Waals surface area contributed by atoms with Gasteiger partial charge in [-0.05, 0) is 80.1 Å². The molecule has 0 aliphatic heterocycles. The van der Waals surface area contributed by atoms with Gasteiger partial charge < -0.3 is 0 Å². The van der Waals surface area contributed by atoms with Crippen LogP contribution in [-0.4, -0.2) is 0 Å². The van der Waals surface area contributed by atoms with Crippen LogP contribution in [0.2, 0.25) is 0 Å². The Labute approximate surface area is 134 Å². The van der Waals surface area contributed by atoms with Crippen molar-refractivity contribution in [1.29, 1.82) is 0 Å². The van der Waals surface area contributed by atoms with Crippen molar-refractivity contribution in [2.45, 2.75) is 34.6 Å². The first-order chi connectivity index (χ1) is 9.49. The molecule has 0 atom stereocenters. The highest BCUT2D eigenvalue weighted by molar-refractivity contribution is 7.10. The fourth-order valence-electron chi connectivity index (χ4n) is 1.38. The van der Waals surface area contributed by atoms with E-state index in [9.17, 15) is 0 Å². The Balaban J connectivity index is 0.000000151. The Kier molecular flexibility index (Phi) is 7.82. The summed E-state index contributed by atoms with van der Waals surface area (Å²) in [5, 5.41) is 6.36. The first-order valence-electron chi connectivity index (χ1n) is 6.51. The highest BCUT2D eigenvalue weighted by atomic mass is 32.1.